The van der Waals surface area contributed by atoms with Gasteiger partial charge in [0.1, 0.15) is 0 Å². The first-order valence-corrected chi connectivity index (χ1v) is 7.90. The third kappa shape index (κ3) is 6.05. The monoisotopic (exact) mass is 328 g/mol. The van der Waals surface area contributed by atoms with Gasteiger partial charge in [-0.25, -0.2) is 4.79 Å². The van der Waals surface area contributed by atoms with E-state index in [2.05, 4.69) is 20.8 Å². The minimum Gasteiger partial charge on any atom is -0.415 e. The molecule has 124 valence electrons. The second kappa shape index (κ2) is 6.68. The molecule has 1 unspecified atom stereocenters. The Kier molecular flexibility index (Phi) is 5.61. The molecule has 0 radical (unpaired) electrons. The molecule has 7 nitrogen and oxygen atoms in total. The van der Waals surface area contributed by atoms with Crippen LogP contribution in [0.1, 0.15) is 54.4 Å². The first-order chi connectivity index (χ1) is 9.88. The van der Waals surface area contributed by atoms with Crippen molar-refractivity contribution in [2.45, 2.75) is 69.9 Å². The van der Waals surface area contributed by atoms with Gasteiger partial charge in [-0.2, -0.15) is 0 Å². The molecule has 0 aliphatic rings. The highest BCUT2D eigenvalue weighted by atomic mass is 32.2. The SMILES string of the molecule is CC(Sc1nnc(C(C)(C)C)o1)C(=O)NC(=O)NC(C)(C)C. The largest absolute Gasteiger partial charge is 0.415 e. The van der Waals surface area contributed by atoms with Crippen LogP contribution in [0.3, 0.4) is 0 Å². The van der Waals surface area contributed by atoms with Crippen LogP contribution in [0.25, 0.3) is 0 Å². The van der Waals surface area contributed by atoms with Gasteiger partial charge in [-0.15, -0.1) is 10.2 Å². The summed E-state index contributed by atoms with van der Waals surface area (Å²) in [6, 6.07) is -0.522. The molecule has 0 aliphatic heterocycles. The fourth-order valence-electron chi connectivity index (χ4n) is 1.35. The van der Waals surface area contributed by atoms with E-state index in [1.165, 1.54) is 0 Å². The molecule has 1 aromatic heterocycles. The first kappa shape index (κ1) is 18.5. The Balaban J connectivity index is 2.58. The van der Waals surface area contributed by atoms with Gasteiger partial charge in [0.25, 0.3) is 5.22 Å². The van der Waals surface area contributed by atoms with Crippen molar-refractivity contribution in [3.63, 3.8) is 0 Å². The minimum absolute atomic E-state index is 0.246. The third-order valence-electron chi connectivity index (χ3n) is 2.42. The van der Waals surface area contributed by atoms with Crippen molar-refractivity contribution in [2.75, 3.05) is 0 Å². The van der Waals surface area contributed by atoms with Crippen molar-refractivity contribution in [1.29, 1.82) is 0 Å². The summed E-state index contributed by atoms with van der Waals surface area (Å²) in [6.07, 6.45) is 0. The molecular formula is C14H24N4O3S. The van der Waals surface area contributed by atoms with Crippen molar-refractivity contribution >= 4 is 23.7 Å². The van der Waals surface area contributed by atoms with E-state index >= 15 is 0 Å². The summed E-state index contributed by atoms with van der Waals surface area (Å²) in [5, 5.41) is 12.6. The van der Waals surface area contributed by atoms with Crippen LogP contribution in [0.2, 0.25) is 0 Å². The molecule has 1 atom stereocenters. The Bertz CT molecular complexity index is 543. The van der Waals surface area contributed by atoms with Crippen LogP contribution >= 0.6 is 11.8 Å². The quantitative estimate of drug-likeness (QED) is 0.827. The summed E-state index contributed by atoms with van der Waals surface area (Å²) < 4.78 is 5.51. The van der Waals surface area contributed by atoms with E-state index in [9.17, 15) is 9.59 Å². The number of carbonyl (C=O) groups is 2. The van der Waals surface area contributed by atoms with E-state index in [1.807, 2.05) is 41.5 Å². The predicted octanol–water partition coefficient (Wildman–Crippen LogP) is 2.47. The zero-order chi connectivity index (χ0) is 17.1. The van der Waals surface area contributed by atoms with Crippen molar-refractivity contribution in [1.82, 2.24) is 20.8 Å². The molecule has 0 aromatic carbocycles. The summed E-state index contributed by atoms with van der Waals surface area (Å²) >= 11 is 1.12. The number of rotatable bonds is 3. The lowest BCUT2D eigenvalue weighted by atomic mass is 9.97. The van der Waals surface area contributed by atoms with Crippen molar-refractivity contribution < 1.29 is 14.0 Å². The number of nitrogens with zero attached hydrogens (tertiary/aromatic N) is 2. The minimum atomic E-state index is -0.529. The van der Waals surface area contributed by atoms with E-state index in [0.717, 1.165) is 11.8 Å². The standard InChI is InChI=1S/C14H24N4O3S/c1-8(9(19)15-11(20)16-14(5,6)7)22-12-18-17-10(21-12)13(2,3)4/h8H,1-7H3,(H2,15,16,19,20). The van der Waals surface area contributed by atoms with E-state index in [-0.39, 0.29) is 5.41 Å². The second-order valence-corrected chi connectivity index (χ2v) is 8.37. The van der Waals surface area contributed by atoms with Crippen molar-refractivity contribution in [3.8, 4) is 0 Å². The van der Waals surface area contributed by atoms with Gasteiger partial charge in [-0.1, -0.05) is 32.5 Å². The summed E-state index contributed by atoms with van der Waals surface area (Å²) in [4.78, 5) is 23.6. The smallest absolute Gasteiger partial charge is 0.321 e. The van der Waals surface area contributed by atoms with Gasteiger partial charge in [0.2, 0.25) is 11.8 Å². The van der Waals surface area contributed by atoms with Gasteiger partial charge in [-0.05, 0) is 27.7 Å². The van der Waals surface area contributed by atoms with Crippen LogP contribution in [0.5, 0.6) is 0 Å². The molecule has 1 heterocycles. The van der Waals surface area contributed by atoms with Crippen LogP contribution in [0.4, 0.5) is 4.79 Å². The molecule has 0 aliphatic carbocycles. The Morgan fingerprint density at radius 1 is 1.14 bits per heavy atom. The van der Waals surface area contributed by atoms with Gasteiger partial charge in [0.05, 0.1) is 5.25 Å². The Morgan fingerprint density at radius 3 is 2.18 bits per heavy atom. The summed E-state index contributed by atoms with van der Waals surface area (Å²) in [5.74, 6) is 0.0929. The summed E-state index contributed by atoms with van der Waals surface area (Å²) in [5.41, 5.74) is -0.654. The maximum Gasteiger partial charge on any atom is 0.321 e. The lowest BCUT2D eigenvalue weighted by Crippen LogP contribution is -2.49. The zero-order valence-electron chi connectivity index (χ0n) is 14.1. The van der Waals surface area contributed by atoms with Crippen molar-refractivity contribution in [3.05, 3.63) is 5.89 Å². The molecule has 0 spiro atoms. The van der Waals surface area contributed by atoms with Crippen LogP contribution in [-0.2, 0) is 10.2 Å². The number of urea groups is 1. The number of carbonyl (C=O) groups excluding carboxylic acids is 2. The molecule has 3 amide bonds. The van der Waals surface area contributed by atoms with Crippen LogP contribution in [0, 0.1) is 0 Å². The Morgan fingerprint density at radius 2 is 1.73 bits per heavy atom. The summed E-state index contributed by atoms with van der Waals surface area (Å²) in [7, 11) is 0. The first-order valence-electron chi connectivity index (χ1n) is 7.02. The number of hydrogen-bond acceptors (Lipinski definition) is 6. The number of imide groups is 1. The van der Waals surface area contributed by atoms with Gasteiger partial charge in [0.15, 0.2) is 0 Å². The Hall–Kier alpha value is -1.57. The third-order valence-corrected chi connectivity index (χ3v) is 3.35. The van der Waals surface area contributed by atoms with E-state index < -0.39 is 22.7 Å². The fourth-order valence-corrected chi connectivity index (χ4v) is 2.03. The van der Waals surface area contributed by atoms with Gasteiger partial charge in [0, 0.05) is 11.0 Å². The molecule has 2 N–H and O–H groups in total. The van der Waals surface area contributed by atoms with Crippen LogP contribution in [0.15, 0.2) is 9.64 Å². The van der Waals surface area contributed by atoms with Gasteiger partial charge >= 0.3 is 6.03 Å². The lowest BCUT2D eigenvalue weighted by molar-refractivity contribution is -0.119. The molecular weight excluding hydrogens is 304 g/mol. The maximum atomic E-state index is 12.0. The molecule has 1 aromatic rings. The van der Waals surface area contributed by atoms with Gasteiger partial charge < -0.3 is 9.73 Å². The Labute approximate surface area is 135 Å². The number of nitrogens with one attached hydrogen (secondary N) is 2. The second-order valence-electron chi connectivity index (χ2n) is 7.08. The summed E-state index contributed by atoms with van der Waals surface area (Å²) in [6.45, 7) is 13.1. The van der Waals surface area contributed by atoms with Crippen LogP contribution < -0.4 is 10.6 Å². The molecule has 1 rings (SSSR count). The number of hydrogen-bond donors (Lipinski definition) is 2. The van der Waals surface area contributed by atoms with E-state index in [1.54, 1.807) is 6.92 Å². The molecule has 8 heteroatoms. The van der Waals surface area contributed by atoms with Crippen molar-refractivity contribution in [2.24, 2.45) is 0 Å². The van der Waals surface area contributed by atoms with E-state index in [0.29, 0.717) is 11.1 Å². The molecule has 0 saturated carbocycles. The average Bonchev–Trinajstić information content (AvgIpc) is 2.74. The fraction of sp³-hybridized carbons (Fsp3) is 0.714. The maximum absolute atomic E-state index is 12.0. The number of thioether (sulfide) groups is 1. The highest BCUT2D eigenvalue weighted by Crippen LogP contribution is 2.27. The number of aromatic nitrogens is 2. The zero-order valence-corrected chi connectivity index (χ0v) is 14.9. The van der Waals surface area contributed by atoms with Crippen LogP contribution in [-0.4, -0.2) is 32.9 Å². The number of amides is 3. The van der Waals surface area contributed by atoms with E-state index in [4.69, 9.17) is 4.42 Å². The molecule has 22 heavy (non-hydrogen) atoms. The highest BCUT2D eigenvalue weighted by Gasteiger charge is 2.25. The highest BCUT2D eigenvalue weighted by molar-refractivity contribution is 8.00. The normalized spacial score (nSPS) is 13.6. The molecule has 0 bridgehead atoms. The topological polar surface area (TPSA) is 97.1 Å². The predicted molar refractivity (Wildman–Crippen MR) is 84.7 cm³/mol. The molecule has 0 fully saturated rings. The van der Waals surface area contributed by atoms with Gasteiger partial charge in [-0.3, -0.25) is 10.1 Å². The average molecular weight is 328 g/mol. The molecule has 0 saturated heterocycles. The lowest BCUT2D eigenvalue weighted by Gasteiger charge is -2.20.